The van der Waals surface area contributed by atoms with E-state index >= 15 is 0 Å². The number of hydrogen-bond acceptors (Lipinski definition) is 6. The van der Waals surface area contributed by atoms with Crippen molar-refractivity contribution in [3.05, 3.63) is 107 Å². The molecular weight excluding hydrogens is 468 g/mol. The number of benzene rings is 3. The SMILES string of the molecule is COc1cc(C(=O)NCc2ccc(Cn3cnc4ccccc43)cc2)ccc1OCc1c(C)noc1C. The van der Waals surface area contributed by atoms with Crippen LogP contribution in [0.1, 0.15) is 38.5 Å². The Hall–Kier alpha value is -4.59. The molecule has 8 heteroatoms. The van der Waals surface area contributed by atoms with Gasteiger partial charge in [0.1, 0.15) is 12.4 Å². The van der Waals surface area contributed by atoms with E-state index in [4.69, 9.17) is 14.0 Å². The zero-order valence-electron chi connectivity index (χ0n) is 21.0. The molecular formula is C29H28N4O4. The number of ether oxygens (including phenoxy) is 2. The summed E-state index contributed by atoms with van der Waals surface area (Å²) >= 11 is 0. The van der Waals surface area contributed by atoms with Gasteiger partial charge in [0.25, 0.3) is 5.91 Å². The van der Waals surface area contributed by atoms with Crippen molar-refractivity contribution >= 4 is 16.9 Å². The maximum absolute atomic E-state index is 12.8. The van der Waals surface area contributed by atoms with Crippen LogP contribution in [0.5, 0.6) is 11.5 Å². The highest BCUT2D eigenvalue weighted by molar-refractivity contribution is 5.94. The molecule has 1 amide bonds. The van der Waals surface area contributed by atoms with Crippen LogP contribution < -0.4 is 14.8 Å². The van der Waals surface area contributed by atoms with E-state index in [0.29, 0.717) is 30.2 Å². The van der Waals surface area contributed by atoms with Crippen LogP contribution in [0.2, 0.25) is 0 Å². The fourth-order valence-corrected chi connectivity index (χ4v) is 4.17. The van der Waals surface area contributed by atoms with Crippen LogP contribution in [0.3, 0.4) is 0 Å². The summed E-state index contributed by atoms with van der Waals surface area (Å²) < 4.78 is 18.7. The third kappa shape index (κ3) is 5.33. The Balaban J connectivity index is 1.18. The van der Waals surface area contributed by atoms with Crippen LogP contribution in [0.25, 0.3) is 11.0 Å². The van der Waals surface area contributed by atoms with Crippen molar-refractivity contribution in [1.29, 1.82) is 0 Å². The van der Waals surface area contributed by atoms with Gasteiger partial charge in [-0.15, -0.1) is 0 Å². The van der Waals surface area contributed by atoms with Gasteiger partial charge in [0.2, 0.25) is 0 Å². The van der Waals surface area contributed by atoms with Crippen LogP contribution in [-0.4, -0.2) is 27.7 Å². The molecule has 37 heavy (non-hydrogen) atoms. The van der Waals surface area contributed by atoms with Gasteiger partial charge in [-0.25, -0.2) is 4.98 Å². The second kappa shape index (κ2) is 10.6. The highest BCUT2D eigenvalue weighted by Gasteiger charge is 2.14. The molecule has 2 aromatic heterocycles. The summed E-state index contributed by atoms with van der Waals surface area (Å²) in [6, 6.07) is 21.4. The molecule has 0 fully saturated rings. The quantitative estimate of drug-likeness (QED) is 0.301. The number of aromatic nitrogens is 3. The molecule has 0 saturated carbocycles. The van der Waals surface area contributed by atoms with E-state index in [1.807, 2.05) is 50.5 Å². The molecule has 188 valence electrons. The van der Waals surface area contributed by atoms with Gasteiger partial charge >= 0.3 is 0 Å². The number of para-hydroxylation sites is 2. The normalized spacial score (nSPS) is 11.0. The van der Waals surface area contributed by atoms with Crippen LogP contribution in [0, 0.1) is 13.8 Å². The Labute approximate surface area is 214 Å². The largest absolute Gasteiger partial charge is 0.493 e. The summed E-state index contributed by atoms with van der Waals surface area (Å²) in [5.74, 6) is 1.55. The number of nitrogens with zero attached hydrogens (tertiary/aromatic N) is 3. The van der Waals surface area contributed by atoms with Crippen LogP contribution >= 0.6 is 0 Å². The van der Waals surface area contributed by atoms with Crippen molar-refractivity contribution in [3.63, 3.8) is 0 Å². The number of aryl methyl sites for hydroxylation is 2. The standard InChI is InChI=1S/C29H28N4O4/c1-19-24(20(2)37-32-19)17-36-27-13-12-23(14-28(27)35-3)29(34)30-15-21-8-10-22(11-9-21)16-33-18-31-25-6-4-5-7-26(25)33/h4-14,18H,15-17H2,1-3H3,(H,30,34). The second-order valence-corrected chi connectivity index (χ2v) is 8.82. The lowest BCUT2D eigenvalue weighted by Crippen LogP contribution is -2.22. The minimum Gasteiger partial charge on any atom is -0.493 e. The lowest BCUT2D eigenvalue weighted by molar-refractivity contribution is 0.0950. The molecule has 0 saturated heterocycles. The maximum atomic E-state index is 12.8. The molecule has 0 spiro atoms. The van der Waals surface area contributed by atoms with Gasteiger partial charge in [-0.3, -0.25) is 4.79 Å². The highest BCUT2D eigenvalue weighted by Crippen LogP contribution is 2.29. The van der Waals surface area contributed by atoms with Gasteiger partial charge in [0.15, 0.2) is 11.5 Å². The first-order chi connectivity index (χ1) is 18.0. The molecule has 2 heterocycles. The predicted octanol–water partition coefficient (Wildman–Crippen LogP) is 5.21. The fraction of sp³-hybridized carbons (Fsp3) is 0.207. The topological polar surface area (TPSA) is 91.4 Å². The summed E-state index contributed by atoms with van der Waals surface area (Å²) in [6.07, 6.45) is 1.86. The molecule has 8 nitrogen and oxygen atoms in total. The van der Waals surface area contributed by atoms with Crippen molar-refractivity contribution in [2.45, 2.75) is 33.5 Å². The Morgan fingerprint density at radius 3 is 2.54 bits per heavy atom. The van der Waals surface area contributed by atoms with Crippen molar-refractivity contribution in [3.8, 4) is 11.5 Å². The smallest absolute Gasteiger partial charge is 0.251 e. The van der Waals surface area contributed by atoms with E-state index in [0.717, 1.165) is 45.7 Å². The van der Waals surface area contributed by atoms with Gasteiger partial charge in [-0.2, -0.15) is 0 Å². The number of amides is 1. The molecule has 0 radical (unpaired) electrons. The minimum atomic E-state index is -0.190. The number of imidazole rings is 1. The van der Waals surface area contributed by atoms with E-state index < -0.39 is 0 Å². The number of carbonyl (C=O) groups is 1. The van der Waals surface area contributed by atoms with Gasteiger partial charge in [-0.05, 0) is 55.3 Å². The van der Waals surface area contributed by atoms with Gasteiger partial charge in [0.05, 0.1) is 35.7 Å². The van der Waals surface area contributed by atoms with Gasteiger partial charge in [0, 0.05) is 18.7 Å². The molecule has 5 rings (SSSR count). The van der Waals surface area contributed by atoms with Crippen LogP contribution in [0.15, 0.2) is 77.6 Å². The number of carbonyl (C=O) groups excluding carboxylic acids is 1. The number of nitrogens with one attached hydrogen (secondary N) is 1. The maximum Gasteiger partial charge on any atom is 0.251 e. The van der Waals surface area contributed by atoms with Crippen LogP contribution in [-0.2, 0) is 19.7 Å². The summed E-state index contributed by atoms with van der Waals surface area (Å²) in [6.45, 7) is 5.17. The zero-order chi connectivity index (χ0) is 25.8. The fourth-order valence-electron chi connectivity index (χ4n) is 4.17. The van der Waals surface area contributed by atoms with E-state index in [-0.39, 0.29) is 5.91 Å². The number of methoxy groups -OCH3 is 1. The zero-order valence-corrected chi connectivity index (χ0v) is 21.0. The van der Waals surface area contributed by atoms with E-state index in [2.05, 4.69) is 38.2 Å². The molecule has 0 aliphatic rings. The Morgan fingerprint density at radius 1 is 1.00 bits per heavy atom. The monoisotopic (exact) mass is 496 g/mol. The molecule has 0 bridgehead atoms. The first-order valence-electron chi connectivity index (χ1n) is 12.0. The van der Waals surface area contributed by atoms with E-state index in [1.54, 1.807) is 25.3 Å². The van der Waals surface area contributed by atoms with Crippen molar-refractivity contribution in [2.24, 2.45) is 0 Å². The van der Waals surface area contributed by atoms with Crippen molar-refractivity contribution in [1.82, 2.24) is 20.0 Å². The van der Waals surface area contributed by atoms with Gasteiger partial charge in [-0.1, -0.05) is 41.6 Å². The number of hydrogen-bond donors (Lipinski definition) is 1. The number of fused-ring (bicyclic) bond motifs is 1. The third-order valence-corrected chi connectivity index (χ3v) is 6.34. The first kappa shape index (κ1) is 24.1. The average molecular weight is 497 g/mol. The Kier molecular flexibility index (Phi) is 6.89. The third-order valence-electron chi connectivity index (χ3n) is 6.34. The second-order valence-electron chi connectivity index (χ2n) is 8.82. The lowest BCUT2D eigenvalue weighted by Gasteiger charge is -2.12. The molecule has 1 N–H and O–H groups in total. The molecule has 3 aromatic carbocycles. The van der Waals surface area contributed by atoms with E-state index in [1.165, 1.54) is 0 Å². The summed E-state index contributed by atoms with van der Waals surface area (Å²) in [5, 5.41) is 6.92. The average Bonchev–Trinajstić information content (AvgIpc) is 3.48. The van der Waals surface area contributed by atoms with Gasteiger partial charge < -0.3 is 23.9 Å². The molecule has 0 aliphatic carbocycles. The first-order valence-corrected chi connectivity index (χ1v) is 12.0. The Bertz CT molecular complexity index is 1520. The van der Waals surface area contributed by atoms with Crippen molar-refractivity contribution < 1.29 is 18.8 Å². The molecule has 0 unspecified atom stereocenters. The summed E-state index contributed by atoms with van der Waals surface area (Å²) in [4.78, 5) is 17.2. The lowest BCUT2D eigenvalue weighted by atomic mass is 10.1. The van der Waals surface area contributed by atoms with Crippen LogP contribution in [0.4, 0.5) is 0 Å². The predicted molar refractivity (Wildman–Crippen MR) is 140 cm³/mol. The van der Waals surface area contributed by atoms with E-state index in [9.17, 15) is 4.79 Å². The Morgan fingerprint density at radius 2 is 1.78 bits per heavy atom. The minimum absolute atomic E-state index is 0.190. The molecule has 0 aliphatic heterocycles. The van der Waals surface area contributed by atoms with Crippen molar-refractivity contribution in [2.75, 3.05) is 7.11 Å². The summed E-state index contributed by atoms with van der Waals surface area (Å²) in [7, 11) is 1.55. The summed E-state index contributed by atoms with van der Waals surface area (Å²) in [5.41, 5.74) is 6.44. The number of rotatable bonds is 9. The molecule has 0 atom stereocenters. The highest BCUT2D eigenvalue weighted by atomic mass is 16.5. The molecule has 5 aromatic rings.